The predicted molar refractivity (Wildman–Crippen MR) is 325 cm³/mol. The summed E-state index contributed by atoms with van der Waals surface area (Å²) in [5, 5.41) is 0. The number of phosphoric acid groups is 1. The fourth-order valence-electron chi connectivity index (χ4n) is 7.61. The maximum Gasteiger partial charge on any atom is 0.472 e. The van der Waals surface area contributed by atoms with Crippen LogP contribution in [0.25, 0.3) is 0 Å². The smallest absolute Gasteiger partial charge is 0.462 e. The molecule has 2 atom stereocenters. The van der Waals surface area contributed by atoms with Gasteiger partial charge in [-0.25, -0.2) is 4.57 Å². The Balaban J connectivity index is 4.17. The van der Waals surface area contributed by atoms with Crippen molar-refractivity contribution < 1.29 is 42.1 Å². The first-order chi connectivity index (χ1) is 37.0. The largest absolute Gasteiger partial charge is 0.472 e. The molecule has 76 heavy (non-hydrogen) atoms. The molecule has 0 bridgehead atoms. The van der Waals surface area contributed by atoms with Crippen LogP contribution in [-0.2, 0) is 32.7 Å². The Morgan fingerprint density at radius 3 is 1.12 bits per heavy atom. The lowest BCUT2D eigenvalue weighted by Gasteiger charge is -2.24. The number of hydrogen-bond acceptors (Lipinski definition) is 7. The van der Waals surface area contributed by atoms with Crippen LogP contribution >= 0.6 is 7.82 Å². The fourth-order valence-corrected chi connectivity index (χ4v) is 8.35. The highest BCUT2D eigenvalue weighted by Gasteiger charge is 2.27. The molecule has 0 fully saturated rings. The second-order valence-corrected chi connectivity index (χ2v) is 22.1. The summed E-state index contributed by atoms with van der Waals surface area (Å²) in [5.74, 6) is -0.826. The summed E-state index contributed by atoms with van der Waals surface area (Å²) < 4.78 is 34.5. The number of phosphoric ester groups is 1. The topological polar surface area (TPSA) is 108 Å². The van der Waals surface area contributed by atoms with Gasteiger partial charge in [0.1, 0.15) is 19.8 Å². The van der Waals surface area contributed by atoms with E-state index in [1.807, 2.05) is 21.1 Å². The molecule has 0 saturated carbocycles. The Hall–Kier alpha value is -3.85. The zero-order valence-corrected chi connectivity index (χ0v) is 49.8. The van der Waals surface area contributed by atoms with Crippen molar-refractivity contribution in [1.29, 1.82) is 0 Å². The third kappa shape index (κ3) is 59.4. The molecule has 0 aromatic rings. The van der Waals surface area contributed by atoms with E-state index in [2.05, 4.69) is 148 Å². The molecule has 0 radical (unpaired) electrons. The van der Waals surface area contributed by atoms with Crippen molar-refractivity contribution in [3.05, 3.63) is 134 Å². The normalized spacial score (nSPS) is 14.2. The third-order valence-corrected chi connectivity index (χ3v) is 13.2. The van der Waals surface area contributed by atoms with E-state index in [9.17, 15) is 19.0 Å². The molecule has 0 aliphatic heterocycles. The average molecular weight is 1080 g/mol. The maximum atomic E-state index is 12.8. The summed E-state index contributed by atoms with van der Waals surface area (Å²) in [5.41, 5.74) is 0. The van der Waals surface area contributed by atoms with E-state index in [0.717, 1.165) is 122 Å². The lowest BCUT2D eigenvalue weighted by molar-refractivity contribution is -0.870. The van der Waals surface area contributed by atoms with Gasteiger partial charge in [0.15, 0.2) is 6.10 Å². The monoisotopic (exact) mass is 1080 g/mol. The molecule has 0 rings (SSSR count). The number of likely N-dealkylation sites (N-methyl/N-ethyl adjacent to an activating group) is 1. The van der Waals surface area contributed by atoms with Crippen LogP contribution in [0.2, 0.25) is 0 Å². The lowest BCUT2D eigenvalue weighted by atomic mass is 10.0. The average Bonchev–Trinajstić information content (AvgIpc) is 3.38. The van der Waals surface area contributed by atoms with Crippen molar-refractivity contribution >= 4 is 19.8 Å². The quantitative estimate of drug-likeness (QED) is 0.0211. The Labute approximate surface area is 466 Å². The van der Waals surface area contributed by atoms with E-state index in [1.165, 1.54) is 64.2 Å². The van der Waals surface area contributed by atoms with Crippen molar-refractivity contribution in [3.8, 4) is 0 Å². The number of quaternary nitrogens is 1. The summed E-state index contributed by atoms with van der Waals surface area (Å²) in [4.78, 5) is 35.6. The number of carbonyl (C=O) groups excluding carboxylic acids is 2. The number of esters is 2. The Bertz CT molecular complexity index is 1740. The van der Waals surface area contributed by atoms with Crippen LogP contribution in [-0.4, -0.2) is 74.9 Å². The standard InChI is InChI=1S/C66H110NO8P/c1-6-8-10-12-14-16-18-20-21-22-23-24-25-26-27-28-29-30-31-32-33-34-35-36-37-38-39-40-41-42-43-44-45-47-49-51-53-55-57-59-66(69)75-64(63-74-76(70,71)73-61-60-67(3,4)5)62-72-65(68)58-56-54-52-50-48-46-19-17-15-13-11-9-7-2/h8,10,14,16,20-21,23-24,26-27,29-30,32-33,35-36,38-39,41-42,44-45,64H,6-7,9,11-13,15,17-19,22,25,28,31,34,37,40,43,46-63H2,1-5H3/p+1/b10-8-,16-14-,21-20-,24-23-,27-26-,30-29-,33-32-,36-35-,39-38-,42-41-,45-44-. The minimum atomic E-state index is -4.40. The van der Waals surface area contributed by atoms with Crippen LogP contribution in [0, 0.1) is 0 Å². The molecular weight excluding hydrogens is 966 g/mol. The molecule has 0 amide bonds. The molecule has 0 aromatic carbocycles. The zero-order valence-electron chi connectivity index (χ0n) is 48.9. The highest BCUT2D eigenvalue weighted by Crippen LogP contribution is 2.43. The van der Waals surface area contributed by atoms with Gasteiger partial charge in [0, 0.05) is 12.8 Å². The van der Waals surface area contributed by atoms with Gasteiger partial charge in [0.05, 0.1) is 27.7 Å². The molecule has 0 saturated heterocycles. The first-order valence-electron chi connectivity index (χ1n) is 29.9. The number of ether oxygens (including phenoxy) is 2. The van der Waals surface area contributed by atoms with Crippen molar-refractivity contribution in [2.24, 2.45) is 0 Å². The summed E-state index contributed by atoms with van der Waals surface area (Å²) in [7, 11) is 1.45. The van der Waals surface area contributed by atoms with Crippen LogP contribution < -0.4 is 0 Å². The van der Waals surface area contributed by atoms with Gasteiger partial charge in [-0.05, 0) is 96.3 Å². The number of rotatable bonds is 53. The summed E-state index contributed by atoms with van der Waals surface area (Å²) in [6, 6.07) is 0. The Kier molecular flexibility index (Phi) is 53.1. The minimum absolute atomic E-state index is 0.0221. The Morgan fingerprint density at radius 1 is 0.421 bits per heavy atom. The van der Waals surface area contributed by atoms with Gasteiger partial charge >= 0.3 is 19.8 Å². The number of unbranched alkanes of at least 4 members (excludes halogenated alkanes) is 17. The fraction of sp³-hybridized carbons (Fsp3) is 0.636. The van der Waals surface area contributed by atoms with Crippen LogP contribution in [0.1, 0.15) is 219 Å². The van der Waals surface area contributed by atoms with Gasteiger partial charge in [-0.2, -0.15) is 0 Å². The highest BCUT2D eigenvalue weighted by atomic mass is 31.2. The Morgan fingerprint density at radius 2 is 0.750 bits per heavy atom. The molecule has 2 unspecified atom stereocenters. The molecular formula is C66H111NO8P+. The zero-order chi connectivity index (χ0) is 55.6. The van der Waals surface area contributed by atoms with Crippen LogP contribution in [0.4, 0.5) is 0 Å². The van der Waals surface area contributed by atoms with Gasteiger partial charge in [-0.15, -0.1) is 0 Å². The molecule has 0 spiro atoms. The first kappa shape index (κ1) is 72.2. The van der Waals surface area contributed by atoms with Gasteiger partial charge in [-0.3, -0.25) is 18.6 Å². The van der Waals surface area contributed by atoms with E-state index in [-0.39, 0.29) is 32.0 Å². The molecule has 10 heteroatoms. The SMILES string of the molecule is CC/C=C\C/C=C\C/C=C\C/C=C\C/C=C\C/C=C\C/C=C\C/C=C\C/C=C\C/C=C\C/C=C\CCCCCCCC(=O)OC(COC(=O)CCCCCCCCCCCCCCC)COP(=O)(O)OCC[N+](C)(C)C. The van der Waals surface area contributed by atoms with Crippen LogP contribution in [0.5, 0.6) is 0 Å². The van der Waals surface area contributed by atoms with E-state index in [1.54, 1.807) is 0 Å². The van der Waals surface area contributed by atoms with Crippen LogP contribution in [0.15, 0.2) is 134 Å². The van der Waals surface area contributed by atoms with Crippen LogP contribution in [0.3, 0.4) is 0 Å². The second-order valence-electron chi connectivity index (χ2n) is 20.7. The molecule has 1 N–H and O–H groups in total. The van der Waals surface area contributed by atoms with E-state index in [4.69, 9.17) is 18.5 Å². The number of carbonyl (C=O) groups is 2. The van der Waals surface area contributed by atoms with Crippen molar-refractivity contribution in [2.45, 2.75) is 225 Å². The van der Waals surface area contributed by atoms with Gasteiger partial charge < -0.3 is 18.9 Å². The summed E-state index contributed by atoms with van der Waals surface area (Å²) in [6.45, 7) is 4.28. The molecule has 0 aromatic heterocycles. The predicted octanol–water partition coefficient (Wildman–Crippen LogP) is 18.9. The summed E-state index contributed by atoms with van der Waals surface area (Å²) in [6.07, 6.45) is 81.0. The van der Waals surface area contributed by atoms with Gasteiger partial charge in [-0.1, -0.05) is 244 Å². The van der Waals surface area contributed by atoms with Crippen molar-refractivity contribution in [2.75, 3.05) is 47.5 Å². The third-order valence-electron chi connectivity index (χ3n) is 12.2. The number of hydrogen-bond donors (Lipinski definition) is 1. The first-order valence-corrected chi connectivity index (χ1v) is 31.4. The second kappa shape index (κ2) is 55.9. The number of nitrogens with zero attached hydrogens (tertiary/aromatic N) is 1. The molecule has 432 valence electrons. The molecule has 0 heterocycles. The highest BCUT2D eigenvalue weighted by molar-refractivity contribution is 7.47. The number of allylic oxidation sites excluding steroid dienone is 22. The van der Waals surface area contributed by atoms with Crippen molar-refractivity contribution in [1.82, 2.24) is 0 Å². The molecule has 0 aliphatic carbocycles. The van der Waals surface area contributed by atoms with E-state index in [0.29, 0.717) is 17.4 Å². The molecule has 0 aliphatic rings. The summed E-state index contributed by atoms with van der Waals surface area (Å²) >= 11 is 0. The molecule has 9 nitrogen and oxygen atoms in total. The lowest BCUT2D eigenvalue weighted by Crippen LogP contribution is -2.37. The van der Waals surface area contributed by atoms with E-state index >= 15 is 0 Å². The minimum Gasteiger partial charge on any atom is -0.462 e. The van der Waals surface area contributed by atoms with Gasteiger partial charge in [0.25, 0.3) is 0 Å². The maximum absolute atomic E-state index is 12.8. The van der Waals surface area contributed by atoms with E-state index < -0.39 is 26.5 Å². The van der Waals surface area contributed by atoms with Crippen molar-refractivity contribution in [3.63, 3.8) is 0 Å². The van der Waals surface area contributed by atoms with Gasteiger partial charge in [0.2, 0.25) is 0 Å².